The molecule has 0 aliphatic carbocycles. The second kappa shape index (κ2) is 8.21. The molecule has 0 saturated carbocycles. The Kier molecular flexibility index (Phi) is 6.94. The van der Waals surface area contributed by atoms with Crippen LogP contribution in [0.25, 0.3) is 0 Å². The van der Waals surface area contributed by atoms with E-state index in [-0.39, 0.29) is 11.3 Å². The van der Waals surface area contributed by atoms with Crippen molar-refractivity contribution in [3.05, 3.63) is 29.3 Å². The van der Waals surface area contributed by atoms with Crippen molar-refractivity contribution in [2.24, 2.45) is 0 Å². The molecule has 4 nitrogen and oxygen atoms in total. The molecule has 0 fully saturated rings. The van der Waals surface area contributed by atoms with Gasteiger partial charge in [0.25, 0.3) is 0 Å². The molecule has 21 heavy (non-hydrogen) atoms. The summed E-state index contributed by atoms with van der Waals surface area (Å²) in [6, 6.07) is 3.83. The van der Waals surface area contributed by atoms with Crippen LogP contribution < -0.4 is 4.90 Å². The smallest absolute Gasteiger partial charge is 0.392 e. The number of hydrogen-bond donors (Lipinski definition) is 1. The molecule has 1 N–H and O–H groups in total. The van der Waals surface area contributed by atoms with Gasteiger partial charge < -0.3 is 19.5 Å². The predicted octanol–water partition coefficient (Wildman–Crippen LogP) is 2.30. The first-order chi connectivity index (χ1) is 9.93. The van der Waals surface area contributed by atoms with Gasteiger partial charge in [0.05, 0.1) is 25.4 Å². The maximum Gasteiger partial charge on any atom is 0.418 e. The lowest BCUT2D eigenvalue weighted by Gasteiger charge is -2.27. The van der Waals surface area contributed by atoms with E-state index >= 15 is 0 Å². The normalized spacial score (nSPS) is 11.7. The van der Waals surface area contributed by atoms with Gasteiger partial charge in [0.15, 0.2) is 0 Å². The number of aliphatic hydroxyl groups excluding tert-OH is 1. The fraction of sp³-hybridized carbons (Fsp3) is 0.571. The second-order valence-corrected chi connectivity index (χ2v) is 4.48. The number of anilines is 1. The lowest BCUT2D eigenvalue weighted by atomic mass is 10.1. The van der Waals surface area contributed by atoms with Crippen LogP contribution in [-0.2, 0) is 22.3 Å². The van der Waals surface area contributed by atoms with Gasteiger partial charge in [-0.25, -0.2) is 0 Å². The van der Waals surface area contributed by atoms with Crippen molar-refractivity contribution in [1.82, 2.24) is 0 Å². The van der Waals surface area contributed by atoms with Crippen molar-refractivity contribution < 1.29 is 27.8 Å². The van der Waals surface area contributed by atoms with Crippen LogP contribution in [-0.4, -0.2) is 45.6 Å². The molecule has 0 radical (unpaired) electrons. The third kappa shape index (κ3) is 5.18. The minimum atomic E-state index is -4.49. The molecule has 120 valence electrons. The van der Waals surface area contributed by atoms with Crippen LogP contribution in [0.2, 0.25) is 0 Å². The van der Waals surface area contributed by atoms with E-state index in [9.17, 15) is 13.2 Å². The third-order valence-corrected chi connectivity index (χ3v) is 3.02. The molecule has 0 amide bonds. The van der Waals surface area contributed by atoms with E-state index in [0.717, 1.165) is 6.07 Å². The number of halogens is 3. The number of aliphatic hydroxyl groups is 1. The van der Waals surface area contributed by atoms with E-state index in [1.165, 1.54) is 26.4 Å². The first kappa shape index (κ1) is 17.7. The molecule has 0 heterocycles. The summed E-state index contributed by atoms with van der Waals surface area (Å²) in [5.74, 6) is 0. The van der Waals surface area contributed by atoms with Gasteiger partial charge >= 0.3 is 6.18 Å². The molecule has 0 aliphatic rings. The monoisotopic (exact) mass is 307 g/mol. The van der Waals surface area contributed by atoms with Crippen LogP contribution in [0.5, 0.6) is 0 Å². The van der Waals surface area contributed by atoms with Crippen LogP contribution in [0.3, 0.4) is 0 Å². The maximum absolute atomic E-state index is 13.2. The average molecular weight is 307 g/mol. The summed E-state index contributed by atoms with van der Waals surface area (Å²) >= 11 is 0. The molecule has 7 heteroatoms. The van der Waals surface area contributed by atoms with Crippen molar-refractivity contribution in [2.75, 3.05) is 45.4 Å². The van der Waals surface area contributed by atoms with Gasteiger partial charge in [-0.05, 0) is 17.7 Å². The Morgan fingerprint density at radius 1 is 1.10 bits per heavy atom. The zero-order chi connectivity index (χ0) is 15.9. The van der Waals surface area contributed by atoms with E-state index in [1.807, 2.05) is 0 Å². The Morgan fingerprint density at radius 2 is 1.67 bits per heavy atom. The van der Waals surface area contributed by atoms with E-state index in [2.05, 4.69) is 0 Å². The molecule has 0 aromatic heterocycles. The highest BCUT2D eigenvalue weighted by Crippen LogP contribution is 2.37. The first-order valence-corrected chi connectivity index (χ1v) is 6.47. The van der Waals surface area contributed by atoms with Gasteiger partial charge in [0.2, 0.25) is 0 Å². The van der Waals surface area contributed by atoms with E-state index < -0.39 is 18.3 Å². The molecule has 1 aromatic rings. The molecule has 0 atom stereocenters. The number of nitrogens with zero attached hydrogens (tertiary/aromatic N) is 1. The topological polar surface area (TPSA) is 41.9 Å². The summed E-state index contributed by atoms with van der Waals surface area (Å²) < 4.78 is 49.5. The van der Waals surface area contributed by atoms with Crippen molar-refractivity contribution in [1.29, 1.82) is 0 Å². The average Bonchev–Trinajstić information content (AvgIpc) is 2.46. The van der Waals surface area contributed by atoms with Crippen LogP contribution in [0.1, 0.15) is 11.1 Å². The molecule has 0 saturated heterocycles. The Balaban J connectivity index is 3.15. The summed E-state index contributed by atoms with van der Waals surface area (Å²) in [6.07, 6.45) is -4.49. The maximum atomic E-state index is 13.2. The number of rotatable bonds is 8. The lowest BCUT2D eigenvalue weighted by molar-refractivity contribution is -0.137. The highest BCUT2D eigenvalue weighted by molar-refractivity contribution is 5.56. The molecule has 1 aromatic carbocycles. The first-order valence-electron chi connectivity index (χ1n) is 6.47. The lowest BCUT2D eigenvalue weighted by Crippen LogP contribution is -2.32. The standard InChI is InChI=1S/C14H20F3NO3/c1-20-7-5-18(6-8-21-2)13-4-3-11(10-19)9-12(13)14(15,16)17/h3-4,9,19H,5-8,10H2,1-2H3. The Bertz CT molecular complexity index is 430. The third-order valence-electron chi connectivity index (χ3n) is 3.02. The van der Waals surface area contributed by atoms with E-state index in [1.54, 1.807) is 4.90 Å². The van der Waals surface area contributed by atoms with Gasteiger partial charge in [-0.3, -0.25) is 0 Å². The van der Waals surface area contributed by atoms with Gasteiger partial charge in [0, 0.05) is 33.0 Å². The molecule has 1 rings (SSSR count). The molecular formula is C14H20F3NO3. The Morgan fingerprint density at radius 3 is 2.10 bits per heavy atom. The largest absolute Gasteiger partial charge is 0.418 e. The minimum absolute atomic E-state index is 0.0637. The molecule has 0 spiro atoms. The molecule has 0 aliphatic heterocycles. The van der Waals surface area contributed by atoms with Crippen molar-refractivity contribution >= 4 is 5.69 Å². The zero-order valence-corrected chi connectivity index (χ0v) is 12.1. The van der Waals surface area contributed by atoms with Crippen LogP contribution in [0.15, 0.2) is 18.2 Å². The van der Waals surface area contributed by atoms with Crippen molar-refractivity contribution in [3.8, 4) is 0 Å². The Hall–Kier alpha value is -1.31. The highest BCUT2D eigenvalue weighted by atomic mass is 19.4. The predicted molar refractivity (Wildman–Crippen MR) is 73.3 cm³/mol. The fourth-order valence-electron chi connectivity index (χ4n) is 1.94. The van der Waals surface area contributed by atoms with Crippen molar-refractivity contribution in [2.45, 2.75) is 12.8 Å². The summed E-state index contributed by atoms with van der Waals surface area (Å²) in [5, 5.41) is 9.02. The number of benzene rings is 1. The zero-order valence-electron chi connectivity index (χ0n) is 12.1. The van der Waals surface area contributed by atoms with Crippen molar-refractivity contribution in [3.63, 3.8) is 0 Å². The van der Waals surface area contributed by atoms with E-state index in [4.69, 9.17) is 14.6 Å². The number of alkyl halides is 3. The molecule has 0 bridgehead atoms. The molecule has 0 unspecified atom stereocenters. The summed E-state index contributed by atoms with van der Waals surface area (Å²) in [7, 11) is 2.99. The number of ether oxygens (including phenoxy) is 2. The SMILES string of the molecule is COCCN(CCOC)c1ccc(CO)cc1C(F)(F)F. The Labute approximate surface area is 122 Å². The minimum Gasteiger partial charge on any atom is -0.392 e. The highest BCUT2D eigenvalue weighted by Gasteiger charge is 2.35. The number of hydrogen-bond acceptors (Lipinski definition) is 4. The van der Waals surface area contributed by atoms with Gasteiger partial charge in [-0.2, -0.15) is 13.2 Å². The van der Waals surface area contributed by atoms with Crippen LogP contribution >= 0.6 is 0 Å². The van der Waals surface area contributed by atoms with Gasteiger partial charge in [-0.15, -0.1) is 0 Å². The van der Waals surface area contributed by atoms with Crippen LogP contribution in [0, 0.1) is 0 Å². The van der Waals surface area contributed by atoms with Crippen LogP contribution in [0.4, 0.5) is 18.9 Å². The fourth-order valence-corrected chi connectivity index (χ4v) is 1.94. The molecular weight excluding hydrogens is 287 g/mol. The summed E-state index contributed by atoms with van der Waals surface area (Å²) in [6.45, 7) is 0.827. The second-order valence-electron chi connectivity index (χ2n) is 4.48. The quantitative estimate of drug-likeness (QED) is 0.800. The van der Waals surface area contributed by atoms with E-state index in [0.29, 0.717) is 26.3 Å². The van der Waals surface area contributed by atoms with Gasteiger partial charge in [0.1, 0.15) is 0 Å². The number of methoxy groups -OCH3 is 2. The summed E-state index contributed by atoms with van der Waals surface area (Å²) in [5.41, 5.74) is -0.473. The summed E-state index contributed by atoms with van der Waals surface area (Å²) in [4.78, 5) is 1.57. The van der Waals surface area contributed by atoms with Gasteiger partial charge in [-0.1, -0.05) is 6.07 Å².